The molecule has 0 aliphatic carbocycles. The number of rotatable bonds is 5. The van der Waals surface area contributed by atoms with Gasteiger partial charge in [-0.15, -0.1) is 5.10 Å². The van der Waals surface area contributed by atoms with E-state index in [0.29, 0.717) is 11.1 Å². The fourth-order valence-corrected chi connectivity index (χ4v) is 3.52. The van der Waals surface area contributed by atoms with Crippen molar-refractivity contribution in [1.29, 1.82) is 0 Å². The standard InChI is InChI=1S/C19H21N5O6/c1-11-8-23(18(29)20-17(11)28)15-7-14(26)19(10-25,30-15)24-9-13(21-22-24)16(27)12-5-3-2-4-6-12/h2-6,8-9,14-16,25-27H,7,10H2,1H3,(H,20,28,29)/t14-,15+,16?,19+/m0/s1. The van der Waals surface area contributed by atoms with Crippen molar-refractivity contribution in [3.8, 4) is 0 Å². The van der Waals surface area contributed by atoms with Crippen molar-refractivity contribution in [2.45, 2.75) is 37.5 Å². The molecule has 0 spiro atoms. The summed E-state index contributed by atoms with van der Waals surface area (Å²) in [7, 11) is 0. The number of benzene rings is 1. The van der Waals surface area contributed by atoms with E-state index < -0.39 is 42.0 Å². The molecular weight excluding hydrogens is 394 g/mol. The van der Waals surface area contributed by atoms with E-state index in [2.05, 4.69) is 15.3 Å². The molecule has 2 aromatic heterocycles. The van der Waals surface area contributed by atoms with Crippen LogP contribution in [0.15, 0.2) is 52.3 Å². The Labute approximate surface area is 169 Å². The number of H-pyrrole nitrogens is 1. The van der Waals surface area contributed by atoms with Crippen LogP contribution in [0.25, 0.3) is 0 Å². The van der Waals surface area contributed by atoms with Gasteiger partial charge < -0.3 is 20.1 Å². The van der Waals surface area contributed by atoms with Gasteiger partial charge in [-0.25, -0.2) is 9.48 Å². The summed E-state index contributed by atoms with van der Waals surface area (Å²) in [5, 5.41) is 39.2. The van der Waals surface area contributed by atoms with Crippen LogP contribution in [0.3, 0.4) is 0 Å². The fraction of sp³-hybridized carbons (Fsp3) is 0.368. The molecule has 1 saturated heterocycles. The minimum Gasteiger partial charge on any atom is -0.391 e. The monoisotopic (exact) mass is 415 g/mol. The van der Waals surface area contributed by atoms with Crippen LogP contribution in [0.4, 0.5) is 0 Å². The minimum atomic E-state index is -1.71. The van der Waals surface area contributed by atoms with Crippen molar-refractivity contribution in [3.05, 3.63) is 80.4 Å². The predicted octanol–water partition coefficient (Wildman–Crippen LogP) is -0.857. The van der Waals surface area contributed by atoms with Crippen LogP contribution >= 0.6 is 0 Å². The van der Waals surface area contributed by atoms with Gasteiger partial charge in [0.25, 0.3) is 5.56 Å². The number of hydrogen-bond acceptors (Lipinski definition) is 8. The van der Waals surface area contributed by atoms with Crippen molar-refractivity contribution in [2.24, 2.45) is 0 Å². The lowest BCUT2D eigenvalue weighted by molar-refractivity contribution is -0.187. The quantitative estimate of drug-likeness (QED) is 0.420. The van der Waals surface area contributed by atoms with Gasteiger partial charge in [0.05, 0.1) is 12.8 Å². The van der Waals surface area contributed by atoms with E-state index in [9.17, 15) is 24.9 Å². The number of aliphatic hydroxyl groups excluding tert-OH is 3. The van der Waals surface area contributed by atoms with E-state index in [1.807, 2.05) is 6.07 Å². The molecule has 1 aromatic carbocycles. The molecule has 11 nitrogen and oxygen atoms in total. The molecule has 3 aromatic rings. The summed E-state index contributed by atoms with van der Waals surface area (Å²) in [4.78, 5) is 26.0. The Morgan fingerprint density at radius 1 is 1.30 bits per heavy atom. The molecule has 0 amide bonds. The molecule has 30 heavy (non-hydrogen) atoms. The predicted molar refractivity (Wildman–Crippen MR) is 102 cm³/mol. The van der Waals surface area contributed by atoms with Gasteiger partial charge in [0, 0.05) is 18.2 Å². The fourth-order valence-electron chi connectivity index (χ4n) is 3.52. The van der Waals surface area contributed by atoms with Gasteiger partial charge in [0.15, 0.2) is 0 Å². The first-order valence-corrected chi connectivity index (χ1v) is 9.30. The molecule has 1 fully saturated rings. The van der Waals surface area contributed by atoms with Crippen LogP contribution in [0.5, 0.6) is 0 Å². The lowest BCUT2D eigenvalue weighted by atomic mass is 10.1. The van der Waals surface area contributed by atoms with Gasteiger partial charge in [0.2, 0.25) is 5.72 Å². The first-order chi connectivity index (χ1) is 14.4. The van der Waals surface area contributed by atoms with E-state index in [1.165, 1.54) is 19.3 Å². The van der Waals surface area contributed by atoms with Crippen LogP contribution in [0.1, 0.15) is 35.6 Å². The van der Waals surface area contributed by atoms with Gasteiger partial charge in [-0.2, -0.15) is 0 Å². The van der Waals surface area contributed by atoms with Gasteiger partial charge in [-0.1, -0.05) is 35.5 Å². The number of aryl methyl sites for hydroxylation is 1. The molecule has 158 valence electrons. The van der Waals surface area contributed by atoms with E-state index in [1.54, 1.807) is 24.3 Å². The molecule has 0 radical (unpaired) electrons. The minimum absolute atomic E-state index is 0.0393. The van der Waals surface area contributed by atoms with E-state index in [0.717, 1.165) is 9.25 Å². The van der Waals surface area contributed by atoms with Crippen molar-refractivity contribution in [2.75, 3.05) is 6.61 Å². The van der Waals surface area contributed by atoms with Gasteiger partial charge >= 0.3 is 5.69 Å². The zero-order chi connectivity index (χ0) is 21.5. The van der Waals surface area contributed by atoms with Crippen molar-refractivity contribution in [3.63, 3.8) is 0 Å². The van der Waals surface area contributed by atoms with E-state index >= 15 is 0 Å². The maximum absolute atomic E-state index is 12.2. The molecule has 4 N–H and O–H groups in total. The topological polar surface area (TPSA) is 155 Å². The smallest absolute Gasteiger partial charge is 0.330 e. The molecule has 1 aliphatic heterocycles. The van der Waals surface area contributed by atoms with Gasteiger partial charge in [-0.3, -0.25) is 14.3 Å². The summed E-state index contributed by atoms with van der Waals surface area (Å²) in [6.45, 7) is 0.875. The molecule has 0 saturated carbocycles. The Bertz CT molecular complexity index is 1160. The van der Waals surface area contributed by atoms with Crippen LogP contribution in [0, 0.1) is 6.92 Å². The number of ether oxygens (including phenoxy) is 1. The average molecular weight is 415 g/mol. The molecule has 1 unspecified atom stereocenters. The Balaban J connectivity index is 1.66. The lowest BCUT2D eigenvalue weighted by Crippen LogP contribution is -2.46. The zero-order valence-corrected chi connectivity index (χ0v) is 16.0. The summed E-state index contributed by atoms with van der Waals surface area (Å²) in [6.07, 6.45) is -0.591. The zero-order valence-electron chi connectivity index (χ0n) is 16.0. The molecule has 4 rings (SSSR count). The summed E-state index contributed by atoms with van der Waals surface area (Å²) in [5.74, 6) is 0. The Kier molecular flexibility index (Phi) is 5.12. The highest BCUT2D eigenvalue weighted by Gasteiger charge is 2.51. The van der Waals surface area contributed by atoms with E-state index in [-0.39, 0.29) is 12.1 Å². The first kappa shape index (κ1) is 20.2. The summed E-state index contributed by atoms with van der Waals surface area (Å²) >= 11 is 0. The molecule has 0 bridgehead atoms. The van der Waals surface area contributed by atoms with Crippen LogP contribution < -0.4 is 11.2 Å². The maximum Gasteiger partial charge on any atom is 0.330 e. The van der Waals surface area contributed by atoms with E-state index in [4.69, 9.17) is 4.74 Å². The Hall–Kier alpha value is -3.12. The second kappa shape index (κ2) is 7.61. The third kappa shape index (κ3) is 3.27. The second-order valence-corrected chi connectivity index (χ2v) is 7.21. The van der Waals surface area contributed by atoms with Crippen LogP contribution in [-0.4, -0.2) is 52.6 Å². The normalized spacial score (nSPS) is 24.8. The molecule has 3 heterocycles. The number of aliphatic hydroxyl groups is 3. The largest absolute Gasteiger partial charge is 0.391 e. The second-order valence-electron chi connectivity index (χ2n) is 7.21. The van der Waals surface area contributed by atoms with Crippen molar-refractivity contribution < 1.29 is 20.1 Å². The number of aromatic nitrogens is 5. The van der Waals surface area contributed by atoms with Gasteiger partial charge in [-0.05, 0) is 12.5 Å². The highest BCUT2D eigenvalue weighted by molar-refractivity contribution is 5.24. The lowest BCUT2D eigenvalue weighted by Gasteiger charge is -2.29. The highest BCUT2D eigenvalue weighted by Crippen LogP contribution is 2.39. The highest BCUT2D eigenvalue weighted by atomic mass is 16.6. The maximum atomic E-state index is 12.2. The molecule has 11 heteroatoms. The number of nitrogens with one attached hydrogen (secondary N) is 1. The summed E-state index contributed by atoms with van der Waals surface area (Å²) in [6, 6.07) is 8.82. The number of aromatic amines is 1. The SMILES string of the molecule is Cc1cn([C@H]2C[C@H](O)[C@](CO)(n3cc(C(O)c4ccccc4)nn3)O2)c(=O)[nH]c1=O. The first-order valence-electron chi connectivity index (χ1n) is 9.30. The Morgan fingerprint density at radius 3 is 2.73 bits per heavy atom. The van der Waals surface area contributed by atoms with Crippen molar-refractivity contribution >= 4 is 0 Å². The average Bonchev–Trinajstić information content (AvgIpc) is 3.36. The Morgan fingerprint density at radius 2 is 2.03 bits per heavy atom. The van der Waals surface area contributed by atoms with Gasteiger partial charge in [0.1, 0.15) is 24.1 Å². The number of nitrogens with zero attached hydrogens (tertiary/aromatic N) is 4. The third-order valence-corrected chi connectivity index (χ3v) is 5.26. The van der Waals surface area contributed by atoms with Crippen LogP contribution in [-0.2, 0) is 10.5 Å². The summed E-state index contributed by atoms with van der Waals surface area (Å²) in [5.41, 5.74) is -1.83. The molecular formula is C19H21N5O6. The molecule has 4 atom stereocenters. The van der Waals surface area contributed by atoms with Crippen LogP contribution in [0.2, 0.25) is 0 Å². The molecule has 1 aliphatic rings. The van der Waals surface area contributed by atoms with Crippen molar-refractivity contribution in [1.82, 2.24) is 24.5 Å². The summed E-state index contributed by atoms with van der Waals surface area (Å²) < 4.78 is 8.17. The third-order valence-electron chi connectivity index (χ3n) is 5.26. The number of hydrogen-bond donors (Lipinski definition) is 4.